The second-order valence-electron chi connectivity index (χ2n) is 2.87. The van der Waals surface area contributed by atoms with Crippen LogP contribution in [0.1, 0.15) is 17.4 Å². The molecule has 0 amide bonds. The lowest BCUT2D eigenvalue weighted by Gasteiger charge is -2.00. The molecule has 14 heavy (non-hydrogen) atoms. The first-order valence-electron chi connectivity index (χ1n) is 3.93. The van der Waals surface area contributed by atoms with Gasteiger partial charge in [-0.2, -0.15) is 0 Å². The number of ketones is 1. The zero-order chi connectivity index (χ0) is 10.3. The molecule has 0 bridgehead atoms. The molecule has 2 aromatic heterocycles. The average Bonchev–Trinajstić information content (AvgIpc) is 2.55. The summed E-state index contributed by atoms with van der Waals surface area (Å²) in [6, 6.07) is 1.75. The minimum absolute atomic E-state index is 0.00405. The zero-order valence-corrected chi connectivity index (χ0v) is 10.2. The second-order valence-corrected chi connectivity index (χ2v) is 4.36. The van der Waals surface area contributed by atoms with Crippen LogP contribution in [0.2, 0.25) is 5.02 Å². The van der Waals surface area contributed by atoms with E-state index in [9.17, 15) is 4.79 Å². The number of hydrogen-bond acceptors (Lipinski definition) is 2. The van der Waals surface area contributed by atoms with Crippen molar-refractivity contribution in [3.8, 4) is 0 Å². The molecule has 0 aromatic carbocycles. The normalized spacial score (nSPS) is 10.8. The summed E-state index contributed by atoms with van der Waals surface area (Å²) >= 11 is 8.04. The fraction of sp³-hybridized carbons (Fsp3) is 0.111. The molecule has 3 nitrogen and oxygen atoms in total. The minimum atomic E-state index is -0.00405. The topological polar surface area (TPSA) is 34.4 Å². The molecule has 2 rings (SSSR count). The van der Waals surface area contributed by atoms with Crippen LogP contribution in [-0.2, 0) is 0 Å². The van der Waals surface area contributed by atoms with Crippen molar-refractivity contribution >= 4 is 45.6 Å². The summed E-state index contributed by atoms with van der Waals surface area (Å²) in [5, 5.41) is 0.652. The van der Waals surface area contributed by atoms with Gasteiger partial charge in [0.05, 0.1) is 14.8 Å². The van der Waals surface area contributed by atoms with Gasteiger partial charge in [-0.3, -0.25) is 9.20 Å². The molecule has 0 radical (unpaired) electrons. The summed E-state index contributed by atoms with van der Waals surface area (Å²) < 4.78 is 2.61. The zero-order valence-electron chi connectivity index (χ0n) is 7.29. The highest BCUT2D eigenvalue weighted by molar-refractivity contribution is 14.1. The van der Waals surface area contributed by atoms with Gasteiger partial charge in [0.2, 0.25) is 0 Å². The van der Waals surface area contributed by atoms with Crippen molar-refractivity contribution in [3.63, 3.8) is 0 Å². The number of aromatic nitrogens is 2. The first-order valence-corrected chi connectivity index (χ1v) is 5.39. The van der Waals surface area contributed by atoms with Crippen molar-refractivity contribution in [2.24, 2.45) is 0 Å². The van der Waals surface area contributed by atoms with E-state index in [1.54, 1.807) is 22.9 Å². The third-order valence-electron chi connectivity index (χ3n) is 1.93. The molecule has 0 spiro atoms. The molecule has 2 aromatic rings. The van der Waals surface area contributed by atoms with Crippen LogP contribution < -0.4 is 0 Å². The van der Waals surface area contributed by atoms with Crippen molar-refractivity contribution in [1.29, 1.82) is 0 Å². The number of hydrogen-bond donors (Lipinski definition) is 0. The lowest BCUT2D eigenvalue weighted by atomic mass is 10.3. The Labute approximate surface area is 99.2 Å². The van der Waals surface area contributed by atoms with Crippen LogP contribution >= 0.6 is 34.2 Å². The summed E-state index contributed by atoms with van der Waals surface area (Å²) in [7, 11) is 0. The number of halogens is 2. The van der Waals surface area contributed by atoms with Crippen molar-refractivity contribution in [2.45, 2.75) is 6.92 Å². The fourth-order valence-electron chi connectivity index (χ4n) is 1.25. The maximum absolute atomic E-state index is 11.2. The number of Topliss-reactive ketones (excluding diaryl/α,β-unsaturated/α-hetero) is 1. The van der Waals surface area contributed by atoms with Crippen LogP contribution in [0.3, 0.4) is 0 Å². The molecule has 72 valence electrons. The molecule has 0 fully saturated rings. The number of pyridine rings is 1. The highest BCUT2D eigenvalue weighted by atomic mass is 127. The Morgan fingerprint density at radius 3 is 3.00 bits per heavy atom. The lowest BCUT2D eigenvalue weighted by molar-refractivity contribution is 0.101. The number of rotatable bonds is 1. The van der Waals surface area contributed by atoms with E-state index in [1.165, 1.54) is 6.92 Å². The highest BCUT2D eigenvalue weighted by Crippen LogP contribution is 2.22. The van der Waals surface area contributed by atoms with E-state index in [1.807, 2.05) is 0 Å². The molecule has 0 saturated carbocycles. The first-order chi connectivity index (χ1) is 6.61. The Balaban J connectivity index is 2.83. The first kappa shape index (κ1) is 9.92. The van der Waals surface area contributed by atoms with Gasteiger partial charge in [0.25, 0.3) is 0 Å². The summed E-state index contributed by atoms with van der Waals surface area (Å²) in [5.74, 6) is -0.00405. The maximum atomic E-state index is 11.2. The Morgan fingerprint density at radius 2 is 2.36 bits per heavy atom. The van der Waals surface area contributed by atoms with Gasteiger partial charge in [-0.05, 0) is 28.7 Å². The predicted octanol–water partition coefficient (Wildman–Crippen LogP) is 2.79. The number of fused-ring (bicyclic) bond motifs is 1. The number of nitrogens with zero attached hydrogens (tertiary/aromatic N) is 2. The summed E-state index contributed by atoms with van der Waals surface area (Å²) in [4.78, 5) is 15.4. The molecular weight excluding hydrogens is 314 g/mol. The van der Waals surface area contributed by atoms with Crippen LogP contribution in [0.15, 0.2) is 18.5 Å². The molecule has 0 aliphatic carbocycles. The molecule has 0 atom stereocenters. The third-order valence-corrected chi connectivity index (χ3v) is 3.63. The largest absolute Gasteiger partial charge is 0.296 e. The monoisotopic (exact) mass is 320 g/mol. The van der Waals surface area contributed by atoms with Crippen molar-refractivity contribution in [1.82, 2.24) is 9.38 Å². The van der Waals surface area contributed by atoms with E-state index in [2.05, 4.69) is 27.6 Å². The predicted molar refractivity (Wildman–Crippen MR) is 62.9 cm³/mol. The molecule has 0 unspecified atom stereocenters. The Morgan fingerprint density at radius 1 is 1.64 bits per heavy atom. The van der Waals surface area contributed by atoms with Crippen molar-refractivity contribution in [2.75, 3.05) is 0 Å². The van der Waals surface area contributed by atoms with Gasteiger partial charge in [-0.25, -0.2) is 4.98 Å². The number of carbonyl (C=O) groups is 1. The lowest BCUT2D eigenvalue weighted by Crippen LogP contribution is -1.98. The Hall–Kier alpha value is -0.620. The van der Waals surface area contributed by atoms with Gasteiger partial charge in [0.1, 0.15) is 5.69 Å². The van der Waals surface area contributed by atoms with Crippen molar-refractivity contribution in [3.05, 3.63) is 32.7 Å². The third kappa shape index (κ3) is 1.42. The van der Waals surface area contributed by atoms with Crippen LogP contribution in [0.4, 0.5) is 0 Å². The molecule has 0 aliphatic heterocycles. The fourth-order valence-corrected chi connectivity index (χ4v) is 1.97. The van der Waals surface area contributed by atoms with E-state index < -0.39 is 0 Å². The molecule has 5 heteroatoms. The van der Waals surface area contributed by atoms with Crippen LogP contribution in [0.5, 0.6) is 0 Å². The van der Waals surface area contributed by atoms with Crippen molar-refractivity contribution < 1.29 is 4.79 Å². The molecule has 0 saturated heterocycles. The highest BCUT2D eigenvalue weighted by Gasteiger charge is 2.11. The van der Waals surface area contributed by atoms with Gasteiger partial charge < -0.3 is 0 Å². The van der Waals surface area contributed by atoms with E-state index in [-0.39, 0.29) is 5.78 Å². The van der Waals surface area contributed by atoms with Gasteiger partial charge in [0, 0.05) is 13.1 Å². The summed E-state index contributed by atoms with van der Waals surface area (Å²) in [6.07, 6.45) is 3.32. The average molecular weight is 321 g/mol. The quantitative estimate of drug-likeness (QED) is 0.598. The van der Waals surface area contributed by atoms with E-state index >= 15 is 0 Å². The Kier molecular flexibility index (Phi) is 2.48. The van der Waals surface area contributed by atoms with Crippen LogP contribution in [0, 0.1) is 3.57 Å². The standard InChI is InChI=1S/C9H6ClIN2O/c1-5(14)7-4-12-9-8(11)6(10)2-3-13(7)9/h2-4H,1H3. The molecule has 2 heterocycles. The van der Waals surface area contributed by atoms with Gasteiger partial charge in [-0.1, -0.05) is 11.6 Å². The van der Waals surface area contributed by atoms with E-state index in [0.717, 1.165) is 9.22 Å². The molecule has 0 N–H and O–H groups in total. The molecule has 0 aliphatic rings. The number of imidazole rings is 1. The minimum Gasteiger partial charge on any atom is -0.296 e. The van der Waals surface area contributed by atoms with Gasteiger partial charge >= 0.3 is 0 Å². The number of carbonyl (C=O) groups excluding carboxylic acids is 1. The maximum Gasteiger partial charge on any atom is 0.178 e. The van der Waals surface area contributed by atoms with Crippen LogP contribution in [0.25, 0.3) is 5.65 Å². The SMILES string of the molecule is CC(=O)c1cnc2c(I)c(Cl)ccn12. The van der Waals surface area contributed by atoms with Gasteiger partial charge in [0.15, 0.2) is 11.4 Å². The Bertz CT molecular complexity index is 521. The molecular formula is C9H6ClIN2O. The smallest absolute Gasteiger partial charge is 0.178 e. The second kappa shape index (κ2) is 3.51. The van der Waals surface area contributed by atoms with E-state index in [0.29, 0.717) is 10.7 Å². The van der Waals surface area contributed by atoms with E-state index in [4.69, 9.17) is 11.6 Å². The van der Waals surface area contributed by atoms with Crippen LogP contribution in [-0.4, -0.2) is 15.2 Å². The summed E-state index contributed by atoms with van der Waals surface area (Å²) in [5.41, 5.74) is 1.30. The summed E-state index contributed by atoms with van der Waals surface area (Å²) in [6.45, 7) is 1.52. The van der Waals surface area contributed by atoms with Gasteiger partial charge in [-0.15, -0.1) is 0 Å².